The molecule has 1 fully saturated rings. The van der Waals surface area contributed by atoms with E-state index in [-0.39, 0.29) is 0 Å². The zero-order valence-electron chi connectivity index (χ0n) is 11.1. The smallest absolute Gasteiger partial charge is 0.377 e. The topological polar surface area (TPSA) is 27.7 Å². The van der Waals surface area contributed by atoms with Crippen molar-refractivity contribution in [3.63, 3.8) is 0 Å². The average Bonchev–Trinajstić information content (AvgIpc) is 2.37. The molecule has 0 spiro atoms. The van der Waals surface area contributed by atoms with E-state index in [4.69, 9.17) is 13.3 Å². The van der Waals surface area contributed by atoms with Crippen LogP contribution in [0.2, 0.25) is 6.04 Å². The largest absolute Gasteiger partial charge is 0.500 e. The van der Waals surface area contributed by atoms with E-state index < -0.39 is 8.80 Å². The van der Waals surface area contributed by atoms with Crippen LogP contribution in [0.4, 0.5) is 0 Å². The van der Waals surface area contributed by atoms with Crippen LogP contribution in [-0.2, 0) is 13.3 Å². The summed E-state index contributed by atoms with van der Waals surface area (Å²) >= 11 is 0. The van der Waals surface area contributed by atoms with Crippen LogP contribution in [0, 0.1) is 11.8 Å². The first-order valence-corrected chi connectivity index (χ1v) is 8.26. The molecular weight excluding hydrogens is 220 g/mol. The third-order valence-electron chi connectivity index (χ3n) is 3.96. The quantitative estimate of drug-likeness (QED) is 0.674. The second kappa shape index (κ2) is 6.74. The van der Waals surface area contributed by atoms with Gasteiger partial charge >= 0.3 is 8.80 Å². The van der Waals surface area contributed by atoms with Crippen LogP contribution in [0.5, 0.6) is 0 Å². The average molecular weight is 246 g/mol. The Hall–Kier alpha value is 0.0969. The van der Waals surface area contributed by atoms with Crippen molar-refractivity contribution in [2.24, 2.45) is 11.8 Å². The summed E-state index contributed by atoms with van der Waals surface area (Å²) in [5.74, 6) is 1.48. The van der Waals surface area contributed by atoms with Crippen LogP contribution >= 0.6 is 0 Å². The monoisotopic (exact) mass is 246 g/mol. The molecule has 0 saturated heterocycles. The molecule has 16 heavy (non-hydrogen) atoms. The maximum absolute atomic E-state index is 5.49. The number of hydrogen-bond donors (Lipinski definition) is 0. The van der Waals surface area contributed by atoms with Gasteiger partial charge in [-0.15, -0.1) is 0 Å². The molecule has 96 valence electrons. The summed E-state index contributed by atoms with van der Waals surface area (Å²) in [6.07, 6.45) is 6.91. The van der Waals surface area contributed by atoms with E-state index >= 15 is 0 Å². The minimum atomic E-state index is -2.36. The molecule has 0 aliphatic heterocycles. The van der Waals surface area contributed by atoms with E-state index in [1.165, 1.54) is 32.1 Å². The molecule has 1 unspecified atom stereocenters. The van der Waals surface area contributed by atoms with Gasteiger partial charge in [-0.2, -0.15) is 0 Å². The van der Waals surface area contributed by atoms with Gasteiger partial charge in [0.1, 0.15) is 0 Å². The minimum Gasteiger partial charge on any atom is -0.377 e. The van der Waals surface area contributed by atoms with Crippen molar-refractivity contribution in [2.75, 3.05) is 21.3 Å². The standard InChI is InChI=1S/C12H26O3Si/c1-11(12-8-6-5-7-9-12)10-16(13-2,14-3)15-4/h11-12H,5-10H2,1-4H3. The van der Waals surface area contributed by atoms with Gasteiger partial charge in [-0.3, -0.25) is 0 Å². The Labute approximate surface area is 101 Å². The van der Waals surface area contributed by atoms with Gasteiger partial charge in [0.15, 0.2) is 0 Å². The van der Waals surface area contributed by atoms with Crippen LogP contribution in [0.1, 0.15) is 39.0 Å². The zero-order valence-corrected chi connectivity index (χ0v) is 12.1. The summed E-state index contributed by atoms with van der Waals surface area (Å²) in [5, 5.41) is 0. The van der Waals surface area contributed by atoms with Gasteiger partial charge in [0.05, 0.1) is 0 Å². The highest BCUT2D eigenvalue weighted by Crippen LogP contribution is 2.34. The Morgan fingerprint density at radius 2 is 1.50 bits per heavy atom. The zero-order chi connectivity index (χ0) is 12.0. The number of hydrogen-bond acceptors (Lipinski definition) is 3. The van der Waals surface area contributed by atoms with Crippen molar-refractivity contribution < 1.29 is 13.3 Å². The minimum absolute atomic E-state index is 0.645. The highest BCUT2D eigenvalue weighted by atomic mass is 28.4. The Morgan fingerprint density at radius 1 is 1.00 bits per heavy atom. The second-order valence-corrected chi connectivity index (χ2v) is 7.87. The molecule has 0 aromatic rings. The lowest BCUT2D eigenvalue weighted by atomic mass is 9.82. The molecule has 1 saturated carbocycles. The molecular formula is C12H26O3Si. The first kappa shape index (κ1) is 14.2. The van der Waals surface area contributed by atoms with Gasteiger partial charge in [-0.05, 0) is 11.8 Å². The van der Waals surface area contributed by atoms with Gasteiger partial charge < -0.3 is 13.3 Å². The molecule has 0 aromatic carbocycles. The Bertz CT molecular complexity index is 180. The molecule has 1 aliphatic carbocycles. The van der Waals surface area contributed by atoms with Gasteiger partial charge in [-0.25, -0.2) is 0 Å². The molecule has 0 bridgehead atoms. The molecule has 1 atom stereocenters. The fourth-order valence-electron chi connectivity index (χ4n) is 2.76. The molecule has 1 rings (SSSR count). The maximum atomic E-state index is 5.49. The van der Waals surface area contributed by atoms with Gasteiger partial charge in [0.25, 0.3) is 0 Å². The fourth-order valence-corrected chi connectivity index (χ4v) is 4.89. The van der Waals surface area contributed by atoms with Crippen molar-refractivity contribution in [1.29, 1.82) is 0 Å². The Kier molecular flexibility index (Phi) is 5.96. The van der Waals surface area contributed by atoms with Gasteiger partial charge in [-0.1, -0.05) is 39.0 Å². The lowest BCUT2D eigenvalue weighted by molar-refractivity contribution is 0.112. The molecule has 0 amide bonds. The van der Waals surface area contributed by atoms with Gasteiger partial charge in [0, 0.05) is 27.4 Å². The van der Waals surface area contributed by atoms with Crippen LogP contribution < -0.4 is 0 Å². The maximum Gasteiger partial charge on any atom is 0.500 e. The summed E-state index contributed by atoms with van der Waals surface area (Å²) in [4.78, 5) is 0. The Morgan fingerprint density at radius 3 is 1.94 bits per heavy atom. The van der Waals surface area contributed by atoms with E-state index in [9.17, 15) is 0 Å². The third kappa shape index (κ3) is 3.55. The molecule has 0 aromatic heterocycles. The third-order valence-corrected chi connectivity index (χ3v) is 6.97. The predicted molar refractivity (Wildman–Crippen MR) is 67.3 cm³/mol. The van der Waals surface area contributed by atoms with E-state index in [1.807, 2.05) is 0 Å². The van der Waals surface area contributed by atoms with Crippen molar-refractivity contribution in [2.45, 2.75) is 45.1 Å². The lowest BCUT2D eigenvalue weighted by Gasteiger charge is -2.32. The van der Waals surface area contributed by atoms with E-state index in [1.54, 1.807) is 21.3 Å². The molecule has 3 nitrogen and oxygen atoms in total. The summed E-state index contributed by atoms with van der Waals surface area (Å²) in [6, 6.07) is 0.946. The highest BCUT2D eigenvalue weighted by Gasteiger charge is 2.41. The Balaban J connectivity index is 2.49. The normalized spacial score (nSPS) is 21.0. The summed E-state index contributed by atoms with van der Waals surface area (Å²) < 4.78 is 16.5. The summed E-state index contributed by atoms with van der Waals surface area (Å²) in [5.41, 5.74) is 0. The summed E-state index contributed by atoms with van der Waals surface area (Å²) in [6.45, 7) is 2.31. The fraction of sp³-hybridized carbons (Fsp3) is 1.00. The molecule has 0 N–H and O–H groups in total. The molecule has 1 aliphatic rings. The van der Waals surface area contributed by atoms with Gasteiger partial charge in [0.2, 0.25) is 0 Å². The molecule has 0 radical (unpaired) electrons. The van der Waals surface area contributed by atoms with E-state index in [0.29, 0.717) is 5.92 Å². The van der Waals surface area contributed by atoms with E-state index in [0.717, 1.165) is 12.0 Å². The van der Waals surface area contributed by atoms with Crippen LogP contribution in [0.25, 0.3) is 0 Å². The summed E-state index contributed by atoms with van der Waals surface area (Å²) in [7, 11) is 2.74. The van der Waals surface area contributed by atoms with Crippen LogP contribution in [0.15, 0.2) is 0 Å². The van der Waals surface area contributed by atoms with Crippen LogP contribution in [0.3, 0.4) is 0 Å². The predicted octanol–water partition coefficient (Wildman–Crippen LogP) is 3.08. The van der Waals surface area contributed by atoms with Crippen molar-refractivity contribution in [3.8, 4) is 0 Å². The number of rotatable bonds is 6. The molecule has 4 heteroatoms. The van der Waals surface area contributed by atoms with Crippen molar-refractivity contribution >= 4 is 8.80 Å². The first-order valence-electron chi connectivity index (χ1n) is 6.33. The SMILES string of the molecule is CO[Si](CC(C)C1CCCCC1)(OC)OC. The highest BCUT2D eigenvalue weighted by molar-refractivity contribution is 6.60. The van der Waals surface area contributed by atoms with Crippen molar-refractivity contribution in [1.82, 2.24) is 0 Å². The van der Waals surface area contributed by atoms with Crippen molar-refractivity contribution in [3.05, 3.63) is 0 Å². The second-order valence-electron chi connectivity index (χ2n) is 4.87. The first-order chi connectivity index (χ1) is 7.67. The van der Waals surface area contributed by atoms with Crippen LogP contribution in [-0.4, -0.2) is 30.1 Å². The van der Waals surface area contributed by atoms with E-state index in [2.05, 4.69) is 6.92 Å². The molecule has 0 heterocycles. The lowest BCUT2D eigenvalue weighted by Crippen LogP contribution is -2.45.